The van der Waals surface area contributed by atoms with Crippen LogP contribution in [0.4, 0.5) is 4.39 Å². The van der Waals surface area contributed by atoms with E-state index < -0.39 is 0 Å². The smallest absolute Gasteiger partial charge is 0.157 e. The molecule has 4 rings (SSSR count). The van der Waals surface area contributed by atoms with Crippen molar-refractivity contribution in [3.63, 3.8) is 0 Å². The van der Waals surface area contributed by atoms with Crippen molar-refractivity contribution in [2.24, 2.45) is 5.92 Å². The molecule has 1 saturated heterocycles. The van der Waals surface area contributed by atoms with E-state index in [2.05, 4.69) is 24.0 Å². The molecule has 0 radical (unpaired) electrons. The van der Waals surface area contributed by atoms with Gasteiger partial charge in [0.1, 0.15) is 5.82 Å². The zero-order valence-corrected chi connectivity index (χ0v) is 17.8. The normalized spacial score (nSPS) is 18.5. The number of aryl methyl sites for hydroxylation is 1. The molecule has 31 heavy (non-hydrogen) atoms. The SMILES string of the molecule is COCCC1COC(CCc2ccc(C#Cc3ccc4cc(F)ccc4c3)cc2)OC1. The fourth-order valence-electron chi connectivity index (χ4n) is 3.68. The van der Waals surface area contributed by atoms with Crippen molar-refractivity contribution in [2.75, 3.05) is 26.9 Å². The minimum absolute atomic E-state index is 0.125. The van der Waals surface area contributed by atoms with Crippen molar-refractivity contribution in [3.05, 3.63) is 83.2 Å². The van der Waals surface area contributed by atoms with Crippen LogP contribution in [0.15, 0.2) is 60.7 Å². The molecule has 0 saturated carbocycles. The van der Waals surface area contributed by atoms with E-state index >= 15 is 0 Å². The van der Waals surface area contributed by atoms with Gasteiger partial charge in [-0.1, -0.05) is 36.1 Å². The summed E-state index contributed by atoms with van der Waals surface area (Å²) in [7, 11) is 1.72. The predicted octanol–water partition coefficient (Wildman–Crippen LogP) is 5.34. The summed E-state index contributed by atoms with van der Waals surface area (Å²) in [5, 5.41) is 1.87. The monoisotopic (exact) mass is 418 g/mol. The molecule has 3 aromatic rings. The van der Waals surface area contributed by atoms with Crippen LogP contribution in [0.5, 0.6) is 0 Å². The maximum atomic E-state index is 13.3. The van der Waals surface area contributed by atoms with Gasteiger partial charge in [-0.15, -0.1) is 0 Å². The molecule has 0 atom stereocenters. The van der Waals surface area contributed by atoms with Gasteiger partial charge in [0, 0.05) is 37.2 Å². The molecule has 0 unspecified atom stereocenters. The molecule has 1 aliphatic heterocycles. The fourth-order valence-corrected chi connectivity index (χ4v) is 3.68. The van der Waals surface area contributed by atoms with Gasteiger partial charge in [-0.3, -0.25) is 0 Å². The average molecular weight is 419 g/mol. The number of hydrogen-bond acceptors (Lipinski definition) is 3. The molecule has 0 N–H and O–H groups in total. The van der Waals surface area contributed by atoms with Crippen molar-refractivity contribution in [3.8, 4) is 11.8 Å². The molecule has 1 heterocycles. The summed E-state index contributed by atoms with van der Waals surface area (Å²) < 4.78 is 30.1. The Labute approximate surface area is 183 Å². The number of benzene rings is 3. The van der Waals surface area contributed by atoms with Crippen LogP contribution in [0.3, 0.4) is 0 Å². The molecule has 1 fully saturated rings. The first kappa shape index (κ1) is 21.5. The third-order valence-electron chi connectivity index (χ3n) is 5.54. The van der Waals surface area contributed by atoms with Crippen molar-refractivity contribution >= 4 is 10.8 Å². The van der Waals surface area contributed by atoms with E-state index in [1.807, 2.05) is 30.3 Å². The number of ether oxygens (including phenoxy) is 3. The maximum absolute atomic E-state index is 13.3. The van der Waals surface area contributed by atoms with Crippen molar-refractivity contribution in [2.45, 2.75) is 25.6 Å². The Morgan fingerprint density at radius 1 is 0.871 bits per heavy atom. The van der Waals surface area contributed by atoms with Crippen LogP contribution in [0.1, 0.15) is 29.5 Å². The lowest BCUT2D eigenvalue weighted by molar-refractivity contribution is -0.204. The van der Waals surface area contributed by atoms with Crippen LogP contribution in [-0.2, 0) is 20.6 Å². The Morgan fingerprint density at radius 3 is 2.32 bits per heavy atom. The van der Waals surface area contributed by atoms with E-state index in [4.69, 9.17) is 14.2 Å². The Hall–Kier alpha value is -2.71. The van der Waals surface area contributed by atoms with Gasteiger partial charge in [-0.2, -0.15) is 0 Å². The van der Waals surface area contributed by atoms with Gasteiger partial charge in [-0.25, -0.2) is 4.39 Å². The Bertz CT molecular complexity index is 1060. The quantitative estimate of drug-likeness (QED) is 0.506. The standard InChI is InChI=1S/C27H27FO3/c1-29-15-14-23-18-30-27(31-19-23)13-9-21-4-2-20(3-5-21)6-7-22-8-10-25-17-26(28)12-11-24(25)16-22/h2-5,8,10-12,16-17,23,27H,9,13-15,18-19H2,1H3. The lowest BCUT2D eigenvalue weighted by atomic mass is 10.0. The summed E-state index contributed by atoms with van der Waals surface area (Å²) in [5.74, 6) is 6.61. The molecule has 3 nitrogen and oxygen atoms in total. The first-order valence-corrected chi connectivity index (χ1v) is 10.7. The largest absolute Gasteiger partial charge is 0.385 e. The molecule has 0 aliphatic carbocycles. The van der Waals surface area contributed by atoms with Crippen LogP contribution in [0.25, 0.3) is 10.8 Å². The van der Waals surface area contributed by atoms with Gasteiger partial charge in [0.25, 0.3) is 0 Å². The van der Waals surface area contributed by atoms with Gasteiger partial charge in [0.15, 0.2) is 6.29 Å². The second-order valence-electron chi connectivity index (χ2n) is 7.94. The molecular formula is C27H27FO3. The van der Waals surface area contributed by atoms with Gasteiger partial charge in [0.05, 0.1) is 13.2 Å². The number of fused-ring (bicyclic) bond motifs is 1. The van der Waals surface area contributed by atoms with Crippen LogP contribution >= 0.6 is 0 Å². The first-order valence-electron chi connectivity index (χ1n) is 10.7. The summed E-state index contributed by atoms with van der Waals surface area (Å²) in [4.78, 5) is 0. The highest BCUT2D eigenvalue weighted by Gasteiger charge is 2.21. The average Bonchev–Trinajstić information content (AvgIpc) is 2.81. The third-order valence-corrected chi connectivity index (χ3v) is 5.54. The van der Waals surface area contributed by atoms with Crippen molar-refractivity contribution in [1.82, 2.24) is 0 Å². The second kappa shape index (κ2) is 10.5. The molecule has 0 bridgehead atoms. The van der Waals surface area contributed by atoms with E-state index in [0.29, 0.717) is 5.92 Å². The lowest BCUT2D eigenvalue weighted by Crippen LogP contribution is -2.32. The number of methoxy groups -OCH3 is 1. The van der Waals surface area contributed by atoms with Crippen LogP contribution in [0.2, 0.25) is 0 Å². The minimum atomic E-state index is -0.223. The third kappa shape index (κ3) is 6.15. The number of halogens is 1. The molecule has 0 spiro atoms. The first-order chi connectivity index (χ1) is 15.2. The van der Waals surface area contributed by atoms with E-state index in [0.717, 1.165) is 61.0 Å². The van der Waals surface area contributed by atoms with E-state index in [-0.39, 0.29) is 12.1 Å². The van der Waals surface area contributed by atoms with Crippen molar-refractivity contribution < 1.29 is 18.6 Å². The molecule has 3 aromatic carbocycles. The second-order valence-corrected chi connectivity index (χ2v) is 7.94. The molecule has 160 valence electrons. The topological polar surface area (TPSA) is 27.7 Å². The minimum Gasteiger partial charge on any atom is -0.385 e. The molecule has 1 aliphatic rings. The van der Waals surface area contributed by atoms with Crippen LogP contribution < -0.4 is 0 Å². The van der Waals surface area contributed by atoms with Gasteiger partial charge in [0.2, 0.25) is 0 Å². The van der Waals surface area contributed by atoms with Crippen molar-refractivity contribution in [1.29, 1.82) is 0 Å². The predicted molar refractivity (Wildman–Crippen MR) is 120 cm³/mol. The molecule has 4 heteroatoms. The number of hydrogen-bond donors (Lipinski definition) is 0. The van der Waals surface area contributed by atoms with E-state index in [1.165, 1.54) is 17.7 Å². The lowest BCUT2D eigenvalue weighted by Gasteiger charge is -2.29. The highest BCUT2D eigenvalue weighted by atomic mass is 19.1. The Morgan fingerprint density at radius 2 is 1.55 bits per heavy atom. The Balaban J connectivity index is 1.29. The van der Waals surface area contributed by atoms with E-state index in [1.54, 1.807) is 13.2 Å². The summed E-state index contributed by atoms with van der Waals surface area (Å²) >= 11 is 0. The molecular weight excluding hydrogens is 391 g/mol. The van der Waals surface area contributed by atoms with Crippen LogP contribution in [-0.4, -0.2) is 33.2 Å². The zero-order chi connectivity index (χ0) is 21.5. The maximum Gasteiger partial charge on any atom is 0.157 e. The zero-order valence-electron chi connectivity index (χ0n) is 17.8. The number of rotatable bonds is 6. The Kier molecular flexibility index (Phi) is 7.32. The summed E-state index contributed by atoms with van der Waals surface area (Å²) in [6.45, 7) is 2.23. The van der Waals surface area contributed by atoms with Gasteiger partial charge in [-0.05, 0) is 65.6 Å². The highest BCUT2D eigenvalue weighted by Crippen LogP contribution is 2.19. The summed E-state index contributed by atoms with van der Waals surface area (Å²) in [6.07, 6.45) is 2.60. The summed E-state index contributed by atoms with van der Waals surface area (Å²) in [5.41, 5.74) is 3.12. The fraction of sp³-hybridized carbons (Fsp3) is 0.333. The van der Waals surface area contributed by atoms with Gasteiger partial charge >= 0.3 is 0 Å². The summed E-state index contributed by atoms with van der Waals surface area (Å²) in [6, 6.07) is 18.9. The van der Waals surface area contributed by atoms with Crippen LogP contribution in [0, 0.1) is 23.6 Å². The molecule has 0 aromatic heterocycles. The highest BCUT2D eigenvalue weighted by molar-refractivity contribution is 5.83. The molecule has 0 amide bonds. The van der Waals surface area contributed by atoms with Gasteiger partial charge < -0.3 is 14.2 Å². The van der Waals surface area contributed by atoms with E-state index in [9.17, 15) is 4.39 Å².